The molecule has 20 heavy (non-hydrogen) atoms. The second-order valence-electron chi connectivity index (χ2n) is 4.34. The van der Waals surface area contributed by atoms with Gasteiger partial charge in [0.2, 0.25) is 0 Å². The standard InChI is InChI=1S/C15H19NO4/c1-4-20-15(17)16-9-5-6-12(16)11-7-8-13(18-2)14(10-11)19-3/h5-8,10,12H,4,9H2,1-3H3. The van der Waals surface area contributed by atoms with Crippen molar-refractivity contribution >= 4 is 6.09 Å². The van der Waals surface area contributed by atoms with E-state index in [1.165, 1.54) is 0 Å². The Morgan fingerprint density at radius 1 is 1.30 bits per heavy atom. The van der Waals surface area contributed by atoms with Gasteiger partial charge in [0.05, 0.1) is 26.9 Å². The number of rotatable bonds is 4. The molecule has 0 bridgehead atoms. The van der Waals surface area contributed by atoms with Crippen molar-refractivity contribution in [2.24, 2.45) is 0 Å². The maximum Gasteiger partial charge on any atom is 0.410 e. The average Bonchev–Trinajstić information content (AvgIpc) is 2.96. The summed E-state index contributed by atoms with van der Waals surface area (Å²) in [6.45, 7) is 2.72. The first kappa shape index (κ1) is 14.2. The molecule has 0 fully saturated rings. The highest BCUT2D eigenvalue weighted by Crippen LogP contribution is 2.34. The van der Waals surface area contributed by atoms with Gasteiger partial charge in [0.15, 0.2) is 11.5 Å². The minimum absolute atomic E-state index is 0.131. The summed E-state index contributed by atoms with van der Waals surface area (Å²) in [4.78, 5) is 13.6. The third kappa shape index (κ3) is 2.71. The Morgan fingerprint density at radius 3 is 2.70 bits per heavy atom. The molecule has 5 heteroatoms. The van der Waals surface area contributed by atoms with Gasteiger partial charge in [-0.05, 0) is 24.6 Å². The van der Waals surface area contributed by atoms with Crippen molar-refractivity contribution in [1.82, 2.24) is 4.90 Å². The lowest BCUT2D eigenvalue weighted by Gasteiger charge is -2.24. The van der Waals surface area contributed by atoms with Crippen LogP contribution in [0.5, 0.6) is 11.5 Å². The van der Waals surface area contributed by atoms with Crippen molar-refractivity contribution in [3.63, 3.8) is 0 Å². The number of hydrogen-bond acceptors (Lipinski definition) is 4. The van der Waals surface area contributed by atoms with Gasteiger partial charge >= 0.3 is 6.09 Å². The maximum atomic E-state index is 11.9. The summed E-state index contributed by atoms with van der Waals surface area (Å²) in [5, 5.41) is 0. The lowest BCUT2D eigenvalue weighted by atomic mass is 10.1. The van der Waals surface area contributed by atoms with Gasteiger partial charge in [0.1, 0.15) is 0 Å². The fraction of sp³-hybridized carbons (Fsp3) is 0.400. The number of nitrogens with zero attached hydrogens (tertiary/aromatic N) is 1. The number of carbonyl (C=O) groups is 1. The van der Waals surface area contributed by atoms with E-state index in [9.17, 15) is 4.79 Å². The molecule has 0 saturated heterocycles. The van der Waals surface area contributed by atoms with Crippen LogP contribution in [-0.4, -0.2) is 38.4 Å². The normalized spacial score (nSPS) is 17.1. The molecule has 1 aliphatic heterocycles. The SMILES string of the molecule is CCOC(=O)N1CC=CC1c1ccc(OC)c(OC)c1. The Balaban J connectivity index is 2.25. The second kappa shape index (κ2) is 6.32. The first-order chi connectivity index (χ1) is 9.71. The topological polar surface area (TPSA) is 48.0 Å². The summed E-state index contributed by atoms with van der Waals surface area (Å²) in [6, 6.07) is 5.51. The molecule has 108 valence electrons. The van der Waals surface area contributed by atoms with Crippen LogP contribution in [0.3, 0.4) is 0 Å². The van der Waals surface area contributed by atoms with E-state index in [4.69, 9.17) is 14.2 Å². The number of methoxy groups -OCH3 is 2. The van der Waals surface area contributed by atoms with E-state index < -0.39 is 0 Å². The molecular weight excluding hydrogens is 258 g/mol. The molecule has 1 unspecified atom stereocenters. The highest BCUT2D eigenvalue weighted by Gasteiger charge is 2.27. The van der Waals surface area contributed by atoms with Crippen molar-refractivity contribution < 1.29 is 19.0 Å². The molecule has 0 spiro atoms. The van der Waals surface area contributed by atoms with Gasteiger partial charge in [-0.3, -0.25) is 4.90 Å². The highest BCUT2D eigenvalue weighted by atomic mass is 16.6. The Morgan fingerprint density at radius 2 is 2.05 bits per heavy atom. The summed E-state index contributed by atoms with van der Waals surface area (Å²) >= 11 is 0. The van der Waals surface area contributed by atoms with Gasteiger partial charge in [0.25, 0.3) is 0 Å². The fourth-order valence-corrected chi connectivity index (χ4v) is 2.24. The highest BCUT2D eigenvalue weighted by molar-refractivity contribution is 5.70. The molecule has 0 N–H and O–H groups in total. The number of amides is 1. The summed E-state index contributed by atoms with van der Waals surface area (Å²) < 4.78 is 15.6. The van der Waals surface area contributed by atoms with Crippen molar-refractivity contribution in [3.05, 3.63) is 35.9 Å². The first-order valence-corrected chi connectivity index (χ1v) is 6.53. The van der Waals surface area contributed by atoms with E-state index in [2.05, 4.69) is 0 Å². The minimum atomic E-state index is -0.308. The van der Waals surface area contributed by atoms with Gasteiger partial charge in [-0.15, -0.1) is 0 Å². The largest absolute Gasteiger partial charge is 0.493 e. The van der Waals surface area contributed by atoms with E-state index in [1.54, 1.807) is 26.0 Å². The zero-order valence-electron chi connectivity index (χ0n) is 12.0. The van der Waals surface area contributed by atoms with Crippen LogP contribution < -0.4 is 9.47 Å². The molecule has 0 saturated carbocycles. The van der Waals surface area contributed by atoms with Crippen molar-refractivity contribution in [1.29, 1.82) is 0 Å². The lowest BCUT2D eigenvalue weighted by molar-refractivity contribution is 0.106. The van der Waals surface area contributed by atoms with Gasteiger partial charge in [-0.2, -0.15) is 0 Å². The molecular formula is C15H19NO4. The molecule has 2 rings (SSSR count). The predicted octanol–water partition coefficient (Wildman–Crippen LogP) is 2.77. The van der Waals surface area contributed by atoms with Crippen molar-refractivity contribution in [2.75, 3.05) is 27.4 Å². The third-order valence-electron chi connectivity index (χ3n) is 3.21. The van der Waals surface area contributed by atoms with Crippen LogP contribution in [0.4, 0.5) is 4.79 Å². The Labute approximate surface area is 118 Å². The van der Waals surface area contributed by atoms with Crippen LogP contribution >= 0.6 is 0 Å². The van der Waals surface area contributed by atoms with E-state index in [1.807, 2.05) is 30.4 Å². The number of hydrogen-bond donors (Lipinski definition) is 0. The van der Waals surface area contributed by atoms with E-state index in [0.29, 0.717) is 24.7 Å². The van der Waals surface area contributed by atoms with Gasteiger partial charge in [-0.25, -0.2) is 4.79 Å². The van der Waals surface area contributed by atoms with E-state index in [-0.39, 0.29) is 12.1 Å². The molecule has 1 aromatic carbocycles. The van der Waals surface area contributed by atoms with Crippen LogP contribution in [0.2, 0.25) is 0 Å². The summed E-state index contributed by atoms with van der Waals surface area (Å²) in [5.41, 5.74) is 0.962. The molecule has 0 aromatic heterocycles. The molecule has 1 amide bonds. The average molecular weight is 277 g/mol. The van der Waals surface area contributed by atoms with E-state index in [0.717, 1.165) is 5.56 Å². The summed E-state index contributed by atoms with van der Waals surface area (Å²) in [7, 11) is 3.19. The monoisotopic (exact) mass is 277 g/mol. The zero-order chi connectivity index (χ0) is 14.5. The van der Waals surface area contributed by atoms with Gasteiger partial charge in [0, 0.05) is 6.54 Å². The molecule has 1 atom stereocenters. The van der Waals surface area contributed by atoms with Crippen LogP contribution in [0.1, 0.15) is 18.5 Å². The number of carbonyl (C=O) groups excluding carboxylic acids is 1. The minimum Gasteiger partial charge on any atom is -0.493 e. The van der Waals surface area contributed by atoms with Gasteiger partial charge < -0.3 is 14.2 Å². The van der Waals surface area contributed by atoms with Gasteiger partial charge in [-0.1, -0.05) is 18.2 Å². The van der Waals surface area contributed by atoms with Crippen LogP contribution in [0, 0.1) is 0 Å². The third-order valence-corrected chi connectivity index (χ3v) is 3.21. The molecule has 5 nitrogen and oxygen atoms in total. The van der Waals surface area contributed by atoms with Crippen molar-refractivity contribution in [2.45, 2.75) is 13.0 Å². The molecule has 1 aromatic rings. The van der Waals surface area contributed by atoms with Crippen molar-refractivity contribution in [3.8, 4) is 11.5 Å². The Kier molecular flexibility index (Phi) is 4.50. The molecule has 0 aliphatic carbocycles. The summed E-state index contributed by atoms with van der Waals surface area (Å²) in [5.74, 6) is 1.31. The predicted molar refractivity (Wildman–Crippen MR) is 75.2 cm³/mol. The Hall–Kier alpha value is -2.17. The van der Waals surface area contributed by atoms with Crippen LogP contribution in [-0.2, 0) is 4.74 Å². The number of benzene rings is 1. The maximum absolute atomic E-state index is 11.9. The lowest BCUT2D eigenvalue weighted by Crippen LogP contribution is -2.31. The zero-order valence-corrected chi connectivity index (χ0v) is 12.0. The number of ether oxygens (including phenoxy) is 3. The van der Waals surface area contributed by atoms with Crippen LogP contribution in [0.15, 0.2) is 30.4 Å². The molecule has 1 heterocycles. The Bertz CT molecular complexity index is 513. The smallest absolute Gasteiger partial charge is 0.410 e. The first-order valence-electron chi connectivity index (χ1n) is 6.53. The fourth-order valence-electron chi connectivity index (χ4n) is 2.24. The quantitative estimate of drug-likeness (QED) is 0.794. The van der Waals surface area contributed by atoms with E-state index >= 15 is 0 Å². The van der Waals surface area contributed by atoms with Crippen LogP contribution in [0.25, 0.3) is 0 Å². The molecule has 0 radical (unpaired) electrons. The molecule has 1 aliphatic rings. The summed E-state index contributed by atoms with van der Waals surface area (Å²) in [6.07, 6.45) is 3.63. The second-order valence-corrected chi connectivity index (χ2v) is 4.34.